The summed E-state index contributed by atoms with van der Waals surface area (Å²) in [6, 6.07) is 12.8. The first kappa shape index (κ1) is 17.5. The van der Waals surface area contributed by atoms with E-state index in [4.69, 9.17) is 40.2 Å². The SMILES string of the molecule is CNC(=S)NN=Cc1ccc(OCc2c(Cl)cccc2Cl)cc1. The van der Waals surface area contributed by atoms with Gasteiger partial charge >= 0.3 is 0 Å². The predicted octanol–water partition coefficient (Wildman–Crippen LogP) is 4.00. The Morgan fingerprint density at radius 3 is 2.43 bits per heavy atom. The summed E-state index contributed by atoms with van der Waals surface area (Å²) in [5.74, 6) is 0.719. The van der Waals surface area contributed by atoms with Gasteiger partial charge in [0.2, 0.25) is 0 Å². The number of thiocarbonyl (C=S) groups is 1. The second-order valence-electron chi connectivity index (χ2n) is 4.51. The number of hydrazone groups is 1. The lowest BCUT2D eigenvalue weighted by atomic mass is 10.2. The highest BCUT2D eigenvalue weighted by atomic mass is 35.5. The maximum atomic E-state index is 6.11. The lowest BCUT2D eigenvalue weighted by Gasteiger charge is -2.09. The molecule has 0 spiro atoms. The molecule has 0 fully saturated rings. The van der Waals surface area contributed by atoms with Crippen LogP contribution in [0.4, 0.5) is 0 Å². The lowest BCUT2D eigenvalue weighted by molar-refractivity contribution is 0.306. The van der Waals surface area contributed by atoms with Gasteiger partial charge in [-0.25, -0.2) is 0 Å². The Labute approximate surface area is 150 Å². The summed E-state index contributed by atoms with van der Waals surface area (Å²) in [6.07, 6.45) is 1.67. The van der Waals surface area contributed by atoms with E-state index >= 15 is 0 Å². The van der Waals surface area contributed by atoms with E-state index in [0.29, 0.717) is 21.8 Å². The van der Waals surface area contributed by atoms with Gasteiger partial charge in [0.15, 0.2) is 5.11 Å². The van der Waals surface area contributed by atoms with Gasteiger partial charge in [0.25, 0.3) is 0 Å². The van der Waals surface area contributed by atoms with Crippen LogP contribution in [0.15, 0.2) is 47.6 Å². The zero-order valence-corrected chi connectivity index (χ0v) is 14.7. The Kier molecular flexibility index (Phi) is 6.65. The molecule has 4 nitrogen and oxygen atoms in total. The topological polar surface area (TPSA) is 45.7 Å². The molecule has 0 saturated heterocycles. The van der Waals surface area contributed by atoms with Crippen molar-refractivity contribution in [3.63, 3.8) is 0 Å². The van der Waals surface area contributed by atoms with Gasteiger partial charge in [0.05, 0.1) is 6.21 Å². The Morgan fingerprint density at radius 2 is 1.83 bits per heavy atom. The first-order chi connectivity index (χ1) is 11.1. The molecule has 0 saturated carbocycles. The van der Waals surface area contributed by atoms with Gasteiger partial charge in [-0.3, -0.25) is 5.43 Å². The van der Waals surface area contributed by atoms with Crippen molar-refractivity contribution in [3.05, 3.63) is 63.6 Å². The third-order valence-electron chi connectivity index (χ3n) is 2.93. The summed E-state index contributed by atoms with van der Waals surface area (Å²) in [7, 11) is 1.72. The summed E-state index contributed by atoms with van der Waals surface area (Å²) < 4.78 is 5.71. The monoisotopic (exact) mass is 367 g/mol. The van der Waals surface area contributed by atoms with Gasteiger partial charge in [-0.1, -0.05) is 29.3 Å². The Hall–Kier alpha value is -1.82. The average Bonchev–Trinajstić information content (AvgIpc) is 2.55. The van der Waals surface area contributed by atoms with Crippen LogP contribution in [0.25, 0.3) is 0 Å². The highest BCUT2D eigenvalue weighted by Gasteiger charge is 2.06. The van der Waals surface area contributed by atoms with Gasteiger partial charge in [-0.2, -0.15) is 5.10 Å². The van der Waals surface area contributed by atoms with Gasteiger partial charge in [-0.05, 0) is 54.2 Å². The fourth-order valence-corrected chi connectivity index (χ4v) is 2.26. The molecule has 0 aliphatic carbocycles. The van der Waals surface area contributed by atoms with E-state index in [-0.39, 0.29) is 0 Å². The highest BCUT2D eigenvalue weighted by Crippen LogP contribution is 2.25. The first-order valence-corrected chi connectivity index (χ1v) is 7.93. The van der Waals surface area contributed by atoms with E-state index in [2.05, 4.69) is 15.8 Å². The number of ether oxygens (including phenoxy) is 1. The number of hydrogen-bond acceptors (Lipinski definition) is 3. The van der Waals surface area contributed by atoms with Crippen molar-refractivity contribution in [1.82, 2.24) is 10.7 Å². The van der Waals surface area contributed by atoms with Crippen LogP contribution in [-0.4, -0.2) is 18.4 Å². The molecular formula is C16H15Cl2N3OS. The molecule has 23 heavy (non-hydrogen) atoms. The molecule has 0 bridgehead atoms. The molecule has 120 valence electrons. The number of hydrogen-bond donors (Lipinski definition) is 2. The maximum absolute atomic E-state index is 6.11. The Morgan fingerprint density at radius 1 is 1.17 bits per heavy atom. The third-order valence-corrected chi connectivity index (χ3v) is 3.94. The molecule has 2 N–H and O–H groups in total. The normalized spacial score (nSPS) is 10.6. The zero-order chi connectivity index (χ0) is 16.7. The summed E-state index contributed by atoms with van der Waals surface area (Å²) in [5.41, 5.74) is 4.37. The van der Waals surface area contributed by atoms with Crippen LogP contribution in [0, 0.1) is 0 Å². The third kappa shape index (κ3) is 5.39. The standard InChI is InChI=1S/C16H15Cl2N3OS/c1-19-16(23)21-20-9-11-5-7-12(8-6-11)22-10-13-14(17)3-2-4-15(13)18/h2-9H,10H2,1H3,(H2,19,21,23). The molecular weight excluding hydrogens is 353 g/mol. The quantitative estimate of drug-likeness (QED) is 0.476. The maximum Gasteiger partial charge on any atom is 0.186 e. The molecule has 0 atom stereocenters. The van der Waals surface area contributed by atoms with Crippen molar-refractivity contribution in [1.29, 1.82) is 0 Å². The van der Waals surface area contributed by atoms with Crippen LogP contribution in [-0.2, 0) is 6.61 Å². The molecule has 0 aliphatic heterocycles. The molecule has 0 amide bonds. The lowest BCUT2D eigenvalue weighted by Crippen LogP contribution is -2.28. The summed E-state index contributed by atoms with van der Waals surface area (Å²) in [6.45, 7) is 0.309. The average molecular weight is 368 g/mol. The fraction of sp³-hybridized carbons (Fsp3) is 0.125. The second kappa shape index (κ2) is 8.72. The molecule has 0 radical (unpaired) electrons. The molecule has 2 aromatic rings. The summed E-state index contributed by atoms with van der Waals surface area (Å²) in [5, 5.41) is 8.41. The minimum Gasteiger partial charge on any atom is -0.489 e. The minimum absolute atomic E-state index is 0.309. The van der Waals surface area contributed by atoms with Crippen molar-refractivity contribution in [2.24, 2.45) is 5.10 Å². The van der Waals surface area contributed by atoms with Crippen LogP contribution in [0.3, 0.4) is 0 Å². The van der Waals surface area contributed by atoms with Crippen molar-refractivity contribution < 1.29 is 4.74 Å². The van der Waals surface area contributed by atoms with Gasteiger partial charge in [0.1, 0.15) is 12.4 Å². The van der Waals surface area contributed by atoms with Crippen molar-refractivity contribution in [2.45, 2.75) is 6.61 Å². The first-order valence-electron chi connectivity index (χ1n) is 6.76. The smallest absolute Gasteiger partial charge is 0.186 e. The Balaban J connectivity index is 1.94. The fourth-order valence-electron chi connectivity index (χ4n) is 1.70. The van der Waals surface area contributed by atoms with Crippen molar-refractivity contribution >= 4 is 46.7 Å². The number of halogens is 2. The van der Waals surface area contributed by atoms with Crippen LogP contribution < -0.4 is 15.5 Å². The van der Waals surface area contributed by atoms with Gasteiger partial charge < -0.3 is 10.1 Å². The summed E-state index contributed by atoms with van der Waals surface area (Å²) >= 11 is 17.1. The van der Waals surface area contributed by atoms with E-state index in [1.54, 1.807) is 31.5 Å². The second-order valence-corrected chi connectivity index (χ2v) is 5.73. The summed E-state index contributed by atoms with van der Waals surface area (Å²) in [4.78, 5) is 0. The molecule has 0 heterocycles. The molecule has 0 aromatic heterocycles. The van der Waals surface area contributed by atoms with Crippen molar-refractivity contribution in [2.75, 3.05) is 7.05 Å². The highest BCUT2D eigenvalue weighted by molar-refractivity contribution is 7.80. The molecule has 2 rings (SSSR count). The van der Waals surface area contributed by atoms with Crippen LogP contribution in [0.2, 0.25) is 10.0 Å². The zero-order valence-electron chi connectivity index (χ0n) is 12.3. The molecule has 7 heteroatoms. The molecule has 0 unspecified atom stereocenters. The van der Waals surface area contributed by atoms with Crippen LogP contribution >= 0.6 is 35.4 Å². The van der Waals surface area contributed by atoms with E-state index in [1.165, 1.54) is 0 Å². The molecule has 2 aromatic carbocycles. The number of rotatable bonds is 5. The number of nitrogens with zero attached hydrogens (tertiary/aromatic N) is 1. The van der Waals surface area contributed by atoms with Crippen LogP contribution in [0.1, 0.15) is 11.1 Å². The molecule has 0 aliphatic rings. The number of benzene rings is 2. The van der Waals surface area contributed by atoms with E-state index in [9.17, 15) is 0 Å². The van der Waals surface area contributed by atoms with Crippen LogP contribution in [0.5, 0.6) is 5.75 Å². The van der Waals surface area contributed by atoms with E-state index in [0.717, 1.165) is 16.9 Å². The largest absolute Gasteiger partial charge is 0.489 e. The number of nitrogens with one attached hydrogen (secondary N) is 2. The van der Waals surface area contributed by atoms with Gasteiger partial charge in [-0.15, -0.1) is 0 Å². The van der Waals surface area contributed by atoms with E-state index < -0.39 is 0 Å². The predicted molar refractivity (Wildman–Crippen MR) is 99.6 cm³/mol. The van der Waals surface area contributed by atoms with Gasteiger partial charge in [0, 0.05) is 22.7 Å². The minimum atomic E-state index is 0.309. The Bertz CT molecular complexity index is 685. The van der Waals surface area contributed by atoms with E-state index in [1.807, 2.05) is 24.3 Å². The van der Waals surface area contributed by atoms with Crippen molar-refractivity contribution in [3.8, 4) is 5.75 Å².